The van der Waals surface area contributed by atoms with Gasteiger partial charge >= 0.3 is 0 Å². The number of hydrogen-bond acceptors (Lipinski definition) is 2. The maximum absolute atomic E-state index is 4.20. The van der Waals surface area contributed by atoms with Crippen molar-refractivity contribution >= 4 is 0 Å². The van der Waals surface area contributed by atoms with Crippen molar-refractivity contribution in [3.8, 4) is 0 Å². The molecule has 1 heterocycles. The summed E-state index contributed by atoms with van der Waals surface area (Å²) in [5.74, 6) is 0.943. The second-order valence-electron chi connectivity index (χ2n) is 4.49. The van der Waals surface area contributed by atoms with Crippen molar-refractivity contribution in [2.75, 3.05) is 6.54 Å². The quantitative estimate of drug-likeness (QED) is 0.770. The lowest BCUT2D eigenvalue weighted by molar-refractivity contribution is 0.441. The molecule has 1 aliphatic carbocycles. The lowest BCUT2D eigenvalue weighted by atomic mass is 10.1. The minimum absolute atomic E-state index is 0.727. The molecule has 15 heavy (non-hydrogen) atoms. The van der Waals surface area contributed by atoms with E-state index in [1.165, 1.54) is 25.0 Å². The molecule has 1 atom stereocenters. The molecule has 0 aromatic carbocycles. The van der Waals surface area contributed by atoms with Crippen molar-refractivity contribution in [2.45, 2.75) is 38.6 Å². The van der Waals surface area contributed by atoms with Gasteiger partial charge in [0.1, 0.15) is 0 Å². The molecule has 1 unspecified atom stereocenters. The fourth-order valence-corrected chi connectivity index (χ4v) is 2.22. The third-order valence-corrected chi connectivity index (χ3v) is 3.29. The minimum atomic E-state index is 0.727. The van der Waals surface area contributed by atoms with Crippen LogP contribution >= 0.6 is 0 Å². The van der Waals surface area contributed by atoms with Gasteiger partial charge in [-0.15, -0.1) is 0 Å². The summed E-state index contributed by atoms with van der Waals surface area (Å²) in [6.45, 7) is 3.28. The molecule has 2 rings (SSSR count). The highest BCUT2D eigenvalue weighted by atomic mass is 15.2. The molecule has 0 bridgehead atoms. The van der Waals surface area contributed by atoms with Gasteiger partial charge in [-0.2, -0.15) is 5.10 Å². The Morgan fingerprint density at radius 2 is 2.40 bits per heavy atom. The van der Waals surface area contributed by atoms with Crippen molar-refractivity contribution in [3.63, 3.8) is 0 Å². The second kappa shape index (κ2) is 4.79. The zero-order valence-electron chi connectivity index (χ0n) is 9.74. The Hall–Kier alpha value is -0.830. The van der Waals surface area contributed by atoms with E-state index < -0.39 is 0 Å². The van der Waals surface area contributed by atoms with E-state index in [4.69, 9.17) is 0 Å². The molecule has 3 nitrogen and oxygen atoms in total. The molecule has 0 radical (unpaired) electrons. The summed E-state index contributed by atoms with van der Waals surface area (Å²) in [5.41, 5.74) is 1.35. The summed E-state index contributed by atoms with van der Waals surface area (Å²) >= 11 is 0. The van der Waals surface area contributed by atoms with Crippen LogP contribution in [0.15, 0.2) is 12.3 Å². The Kier molecular flexibility index (Phi) is 3.41. The Morgan fingerprint density at radius 1 is 1.60 bits per heavy atom. The number of nitrogens with one attached hydrogen (secondary N) is 1. The van der Waals surface area contributed by atoms with E-state index in [-0.39, 0.29) is 0 Å². The van der Waals surface area contributed by atoms with Gasteiger partial charge in [0.2, 0.25) is 0 Å². The van der Waals surface area contributed by atoms with Crippen molar-refractivity contribution < 1.29 is 0 Å². The van der Waals surface area contributed by atoms with Gasteiger partial charge in [-0.3, -0.25) is 4.68 Å². The van der Waals surface area contributed by atoms with Gasteiger partial charge in [0.25, 0.3) is 0 Å². The molecule has 1 aromatic heterocycles. The third kappa shape index (κ3) is 2.81. The van der Waals surface area contributed by atoms with Gasteiger partial charge in [-0.05, 0) is 44.2 Å². The van der Waals surface area contributed by atoms with Crippen LogP contribution in [0.25, 0.3) is 0 Å². The lowest BCUT2D eigenvalue weighted by Crippen LogP contribution is -2.31. The van der Waals surface area contributed by atoms with Gasteiger partial charge in [-0.1, -0.05) is 6.92 Å². The first kappa shape index (κ1) is 10.7. The smallest absolute Gasteiger partial charge is 0.0492 e. The van der Waals surface area contributed by atoms with E-state index in [2.05, 4.69) is 23.4 Å². The number of aromatic nitrogens is 2. The average molecular weight is 207 g/mol. The first-order valence-corrected chi connectivity index (χ1v) is 6.01. The predicted molar refractivity (Wildman–Crippen MR) is 61.7 cm³/mol. The first-order valence-electron chi connectivity index (χ1n) is 6.01. The Morgan fingerprint density at radius 3 is 2.93 bits per heavy atom. The van der Waals surface area contributed by atoms with E-state index in [0.29, 0.717) is 0 Å². The van der Waals surface area contributed by atoms with Crippen molar-refractivity contribution in [1.29, 1.82) is 0 Å². The van der Waals surface area contributed by atoms with Crippen molar-refractivity contribution in [3.05, 3.63) is 18.0 Å². The molecule has 1 fully saturated rings. The SMILES string of the molecule is CCNC(CCc1ccnn1C)C1CC1. The topological polar surface area (TPSA) is 29.9 Å². The normalized spacial score (nSPS) is 18.0. The largest absolute Gasteiger partial charge is 0.314 e. The highest BCUT2D eigenvalue weighted by Gasteiger charge is 2.30. The summed E-state index contributed by atoms with van der Waals surface area (Å²) < 4.78 is 1.98. The zero-order chi connectivity index (χ0) is 10.7. The molecule has 1 aliphatic rings. The monoisotopic (exact) mass is 207 g/mol. The summed E-state index contributed by atoms with van der Waals surface area (Å²) in [7, 11) is 2.02. The molecule has 0 spiro atoms. The molecule has 1 saturated carbocycles. The molecule has 0 amide bonds. The first-order chi connectivity index (χ1) is 7.31. The van der Waals surface area contributed by atoms with Crippen LogP contribution in [0.3, 0.4) is 0 Å². The van der Waals surface area contributed by atoms with Crippen LogP contribution in [-0.2, 0) is 13.5 Å². The molecule has 1 aromatic rings. The molecule has 1 N–H and O–H groups in total. The predicted octanol–water partition coefficient (Wildman–Crippen LogP) is 1.74. The van der Waals surface area contributed by atoms with E-state index in [1.54, 1.807) is 0 Å². The van der Waals surface area contributed by atoms with Gasteiger partial charge in [0, 0.05) is 25.0 Å². The number of rotatable bonds is 6. The molecular formula is C12H21N3. The van der Waals surface area contributed by atoms with Crippen molar-refractivity contribution in [2.24, 2.45) is 13.0 Å². The van der Waals surface area contributed by atoms with Crippen LogP contribution in [0.2, 0.25) is 0 Å². The summed E-state index contributed by atoms with van der Waals surface area (Å²) in [6, 6.07) is 2.85. The Bertz CT molecular complexity index is 302. The Labute approximate surface area is 91.9 Å². The second-order valence-corrected chi connectivity index (χ2v) is 4.49. The maximum atomic E-state index is 4.20. The average Bonchev–Trinajstić information content (AvgIpc) is 2.98. The highest BCUT2D eigenvalue weighted by molar-refractivity contribution is 5.01. The van der Waals surface area contributed by atoms with Gasteiger partial charge in [0.05, 0.1) is 0 Å². The standard InChI is InChI=1S/C12H21N3/c1-3-13-12(10-4-5-10)7-6-11-8-9-14-15(11)2/h8-10,12-13H,3-7H2,1-2H3. The third-order valence-electron chi connectivity index (χ3n) is 3.29. The minimum Gasteiger partial charge on any atom is -0.314 e. The van der Waals surface area contributed by atoms with Crippen LogP contribution in [0, 0.1) is 5.92 Å². The molecule has 0 saturated heterocycles. The van der Waals surface area contributed by atoms with E-state index >= 15 is 0 Å². The van der Waals surface area contributed by atoms with E-state index in [1.807, 2.05) is 17.9 Å². The van der Waals surface area contributed by atoms with Gasteiger partial charge < -0.3 is 5.32 Å². The summed E-state index contributed by atoms with van der Waals surface area (Å²) in [6.07, 6.45) is 7.11. The highest BCUT2D eigenvalue weighted by Crippen LogP contribution is 2.34. The number of nitrogens with zero attached hydrogens (tertiary/aromatic N) is 2. The molecule has 84 valence electrons. The maximum Gasteiger partial charge on any atom is 0.0492 e. The van der Waals surface area contributed by atoms with E-state index in [9.17, 15) is 0 Å². The fourth-order valence-electron chi connectivity index (χ4n) is 2.22. The van der Waals surface area contributed by atoms with Crippen LogP contribution < -0.4 is 5.32 Å². The summed E-state index contributed by atoms with van der Waals surface area (Å²) in [5, 5.41) is 7.79. The van der Waals surface area contributed by atoms with Crippen LogP contribution in [-0.4, -0.2) is 22.4 Å². The van der Waals surface area contributed by atoms with Crippen LogP contribution in [0.4, 0.5) is 0 Å². The molecule has 3 heteroatoms. The van der Waals surface area contributed by atoms with Crippen LogP contribution in [0.1, 0.15) is 31.9 Å². The Balaban J connectivity index is 1.82. The van der Waals surface area contributed by atoms with E-state index in [0.717, 1.165) is 24.9 Å². The summed E-state index contributed by atoms with van der Waals surface area (Å²) in [4.78, 5) is 0. The van der Waals surface area contributed by atoms with Gasteiger partial charge in [-0.25, -0.2) is 0 Å². The number of hydrogen-bond donors (Lipinski definition) is 1. The molecule has 0 aliphatic heterocycles. The molecular weight excluding hydrogens is 186 g/mol. The van der Waals surface area contributed by atoms with Crippen LogP contribution in [0.5, 0.6) is 0 Å². The zero-order valence-corrected chi connectivity index (χ0v) is 9.74. The fraction of sp³-hybridized carbons (Fsp3) is 0.750. The van der Waals surface area contributed by atoms with Crippen molar-refractivity contribution in [1.82, 2.24) is 15.1 Å². The lowest BCUT2D eigenvalue weighted by Gasteiger charge is -2.16. The number of aryl methyl sites for hydroxylation is 2. The van der Waals surface area contributed by atoms with Gasteiger partial charge in [0.15, 0.2) is 0 Å².